The number of nitrogens with zero attached hydrogens (tertiary/aromatic N) is 2. The molecule has 2 aromatic rings. The zero-order valence-electron chi connectivity index (χ0n) is 11.3. The van der Waals surface area contributed by atoms with Crippen LogP contribution in [0, 0.1) is 6.92 Å². The van der Waals surface area contributed by atoms with E-state index in [1.165, 1.54) is 18.3 Å². The molecule has 8 heteroatoms. The first-order valence-corrected chi connectivity index (χ1v) is 8.42. The van der Waals surface area contributed by atoms with Crippen LogP contribution in [-0.2, 0) is 16.4 Å². The lowest BCUT2D eigenvalue weighted by Gasteiger charge is -2.07. The third kappa shape index (κ3) is 3.75. The number of nitrogens with one attached hydrogen (secondary N) is 2. The minimum atomic E-state index is -3.51. The Morgan fingerprint density at radius 3 is 2.85 bits per heavy atom. The first-order valence-electron chi connectivity index (χ1n) is 6.06. The Bertz CT molecular complexity index is 682. The summed E-state index contributed by atoms with van der Waals surface area (Å²) < 4.78 is 26.8. The van der Waals surface area contributed by atoms with Crippen molar-refractivity contribution in [3.8, 4) is 0 Å². The zero-order chi connectivity index (χ0) is 14.6. The first-order chi connectivity index (χ1) is 9.51. The quantitative estimate of drug-likeness (QED) is 0.842. The third-order valence-corrected chi connectivity index (χ3v) is 4.92. The fourth-order valence-corrected chi connectivity index (χ4v) is 3.33. The van der Waals surface area contributed by atoms with E-state index in [1.54, 1.807) is 18.4 Å². The molecule has 0 saturated heterocycles. The smallest absolute Gasteiger partial charge is 0.240 e. The van der Waals surface area contributed by atoms with Crippen LogP contribution < -0.4 is 10.0 Å². The Hall–Kier alpha value is -1.51. The second-order valence-corrected chi connectivity index (χ2v) is 6.96. The van der Waals surface area contributed by atoms with E-state index in [0.717, 1.165) is 10.7 Å². The SMILES string of the molecule is CNc1cc(S(=O)(=O)NCCc2csc(C)n2)ccn1. The molecule has 0 aliphatic carbocycles. The van der Waals surface area contributed by atoms with Crippen LogP contribution in [0.1, 0.15) is 10.7 Å². The molecule has 0 aliphatic heterocycles. The number of hydrogen-bond acceptors (Lipinski definition) is 6. The van der Waals surface area contributed by atoms with Gasteiger partial charge < -0.3 is 5.32 Å². The lowest BCUT2D eigenvalue weighted by Crippen LogP contribution is -2.26. The molecule has 108 valence electrons. The van der Waals surface area contributed by atoms with Crippen molar-refractivity contribution in [1.29, 1.82) is 0 Å². The summed E-state index contributed by atoms with van der Waals surface area (Å²) in [7, 11) is -1.82. The molecule has 0 aromatic carbocycles. The summed E-state index contributed by atoms with van der Waals surface area (Å²) in [5.41, 5.74) is 0.904. The molecule has 0 unspecified atom stereocenters. The Morgan fingerprint density at radius 2 is 2.20 bits per heavy atom. The van der Waals surface area contributed by atoms with E-state index in [1.807, 2.05) is 12.3 Å². The van der Waals surface area contributed by atoms with E-state index in [2.05, 4.69) is 20.0 Å². The molecule has 0 saturated carbocycles. The maximum absolute atomic E-state index is 12.1. The van der Waals surface area contributed by atoms with Crippen LogP contribution in [0.3, 0.4) is 0 Å². The van der Waals surface area contributed by atoms with Crippen LogP contribution in [0.15, 0.2) is 28.6 Å². The number of sulfonamides is 1. The minimum absolute atomic E-state index is 0.200. The van der Waals surface area contributed by atoms with Gasteiger partial charge in [-0.25, -0.2) is 23.1 Å². The number of thiazole rings is 1. The van der Waals surface area contributed by atoms with Crippen molar-refractivity contribution >= 4 is 27.2 Å². The van der Waals surface area contributed by atoms with Crippen LogP contribution in [0.2, 0.25) is 0 Å². The molecule has 0 bridgehead atoms. The molecule has 2 N–H and O–H groups in total. The molecular weight excluding hydrogens is 296 g/mol. The van der Waals surface area contributed by atoms with E-state index in [0.29, 0.717) is 18.8 Å². The maximum Gasteiger partial charge on any atom is 0.240 e. The average Bonchev–Trinajstić information content (AvgIpc) is 2.84. The largest absolute Gasteiger partial charge is 0.373 e. The average molecular weight is 312 g/mol. The summed E-state index contributed by atoms with van der Waals surface area (Å²) in [5.74, 6) is 0.517. The van der Waals surface area contributed by atoms with Crippen molar-refractivity contribution in [1.82, 2.24) is 14.7 Å². The number of pyridine rings is 1. The van der Waals surface area contributed by atoms with Crippen LogP contribution in [0.5, 0.6) is 0 Å². The molecular formula is C12H16N4O2S2. The summed E-state index contributed by atoms with van der Waals surface area (Å²) in [6.07, 6.45) is 2.04. The van der Waals surface area contributed by atoms with E-state index < -0.39 is 10.0 Å². The highest BCUT2D eigenvalue weighted by Gasteiger charge is 2.14. The summed E-state index contributed by atoms with van der Waals surface area (Å²) in [5, 5.41) is 5.73. The normalized spacial score (nSPS) is 11.5. The van der Waals surface area contributed by atoms with Crippen molar-refractivity contribution in [2.24, 2.45) is 0 Å². The highest BCUT2D eigenvalue weighted by Crippen LogP contribution is 2.12. The number of anilines is 1. The highest BCUT2D eigenvalue weighted by molar-refractivity contribution is 7.89. The third-order valence-electron chi connectivity index (χ3n) is 2.64. The predicted octanol–water partition coefficient (Wildman–Crippen LogP) is 1.41. The van der Waals surface area contributed by atoms with Crippen LogP contribution in [0.4, 0.5) is 5.82 Å². The Labute approximate surface area is 122 Å². The van der Waals surface area contributed by atoms with Gasteiger partial charge in [-0.3, -0.25) is 0 Å². The number of aryl methyl sites for hydroxylation is 1. The molecule has 0 aliphatic rings. The highest BCUT2D eigenvalue weighted by atomic mass is 32.2. The Balaban J connectivity index is 2.00. The van der Waals surface area contributed by atoms with Gasteiger partial charge >= 0.3 is 0 Å². The fourth-order valence-electron chi connectivity index (χ4n) is 1.63. The summed E-state index contributed by atoms with van der Waals surface area (Å²) >= 11 is 1.56. The lowest BCUT2D eigenvalue weighted by molar-refractivity contribution is 0.581. The van der Waals surface area contributed by atoms with Crippen molar-refractivity contribution in [3.05, 3.63) is 34.4 Å². The van der Waals surface area contributed by atoms with Gasteiger partial charge in [0.2, 0.25) is 10.0 Å². The first kappa shape index (κ1) is 14.9. The Kier molecular flexibility index (Phi) is 4.69. The molecule has 0 amide bonds. The number of rotatable bonds is 6. The van der Waals surface area contributed by atoms with Crippen molar-refractivity contribution in [3.63, 3.8) is 0 Å². The maximum atomic E-state index is 12.1. The molecule has 20 heavy (non-hydrogen) atoms. The van der Waals surface area contributed by atoms with Crippen molar-refractivity contribution < 1.29 is 8.42 Å². The number of hydrogen-bond donors (Lipinski definition) is 2. The van der Waals surface area contributed by atoms with E-state index >= 15 is 0 Å². The van der Waals surface area contributed by atoms with Gasteiger partial charge in [-0.2, -0.15) is 0 Å². The lowest BCUT2D eigenvalue weighted by atomic mass is 10.3. The molecule has 2 aromatic heterocycles. The molecule has 0 spiro atoms. The van der Waals surface area contributed by atoms with Gasteiger partial charge in [0.05, 0.1) is 15.6 Å². The summed E-state index contributed by atoms with van der Waals surface area (Å²) in [6.45, 7) is 2.25. The van der Waals surface area contributed by atoms with Gasteiger partial charge in [0.25, 0.3) is 0 Å². The van der Waals surface area contributed by atoms with Crippen molar-refractivity contribution in [2.45, 2.75) is 18.2 Å². The minimum Gasteiger partial charge on any atom is -0.373 e. The molecule has 2 rings (SSSR count). The van der Waals surface area contributed by atoms with E-state index in [4.69, 9.17) is 0 Å². The van der Waals surface area contributed by atoms with E-state index in [9.17, 15) is 8.42 Å². The second-order valence-electron chi connectivity index (χ2n) is 4.13. The van der Waals surface area contributed by atoms with Gasteiger partial charge in [0, 0.05) is 37.7 Å². The standard InChI is InChI=1S/C12H16N4O2S2/c1-9-16-10(8-19-9)3-6-15-20(17,18)11-4-5-14-12(7-11)13-2/h4-5,7-8,15H,3,6H2,1-2H3,(H,13,14). The van der Waals surface area contributed by atoms with Gasteiger partial charge in [-0.1, -0.05) is 0 Å². The zero-order valence-corrected chi connectivity index (χ0v) is 12.9. The van der Waals surface area contributed by atoms with Crippen LogP contribution >= 0.6 is 11.3 Å². The summed E-state index contributed by atoms with van der Waals surface area (Å²) in [4.78, 5) is 8.48. The number of aromatic nitrogens is 2. The molecule has 0 atom stereocenters. The van der Waals surface area contributed by atoms with Gasteiger partial charge in [-0.15, -0.1) is 11.3 Å². The van der Waals surface area contributed by atoms with Crippen LogP contribution in [0.25, 0.3) is 0 Å². The monoisotopic (exact) mass is 312 g/mol. The van der Waals surface area contributed by atoms with E-state index in [-0.39, 0.29) is 4.90 Å². The molecule has 0 radical (unpaired) electrons. The summed E-state index contributed by atoms with van der Waals surface area (Å²) in [6, 6.07) is 2.96. The second kappa shape index (κ2) is 6.29. The molecule has 6 nitrogen and oxygen atoms in total. The van der Waals surface area contributed by atoms with Crippen molar-refractivity contribution in [2.75, 3.05) is 18.9 Å². The molecule has 2 heterocycles. The van der Waals surface area contributed by atoms with Crippen LogP contribution in [-0.4, -0.2) is 32.0 Å². The van der Waals surface area contributed by atoms with Gasteiger partial charge in [-0.05, 0) is 13.0 Å². The predicted molar refractivity (Wildman–Crippen MR) is 79.5 cm³/mol. The Morgan fingerprint density at radius 1 is 1.40 bits per heavy atom. The van der Waals surface area contributed by atoms with Gasteiger partial charge in [0.1, 0.15) is 5.82 Å². The van der Waals surface area contributed by atoms with Gasteiger partial charge in [0.15, 0.2) is 0 Å². The topological polar surface area (TPSA) is 84.0 Å². The fraction of sp³-hybridized carbons (Fsp3) is 0.333. The molecule has 0 fully saturated rings.